The van der Waals surface area contributed by atoms with E-state index < -0.39 is 30.5 Å². The van der Waals surface area contributed by atoms with Crippen LogP contribution in [0.1, 0.15) is 32.1 Å². The van der Waals surface area contributed by atoms with Gasteiger partial charge in [0.05, 0.1) is 12.0 Å². The Kier molecular flexibility index (Phi) is 4.52. The van der Waals surface area contributed by atoms with Crippen molar-refractivity contribution in [1.82, 2.24) is 10.4 Å². The number of nitrogens with zero attached hydrogens (tertiary/aromatic N) is 1. The normalized spacial score (nSPS) is 24.4. The summed E-state index contributed by atoms with van der Waals surface area (Å²) in [6, 6.07) is 0. The number of carbonyl (C=O) groups excluding carboxylic acids is 2. The Morgan fingerprint density at radius 3 is 2.60 bits per heavy atom. The van der Waals surface area contributed by atoms with Crippen LogP contribution in [-0.4, -0.2) is 42.1 Å². The van der Waals surface area contributed by atoms with Crippen LogP contribution in [0.2, 0.25) is 0 Å². The number of amides is 2. The minimum absolute atomic E-state index is 0.0256. The van der Waals surface area contributed by atoms with Crippen LogP contribution in [0.4, 0.5) is 13.2 Å². The van der Waals surface area contributed by atoms with Crippen molar-refractivity contribution < 1.29 is 27.6 Å². The number of carbonyl (C=O) groups is 2. The van der Waals surface area contributed by atoms with Crippen LogP contribution in [0, 0.1) is 5.92 Å². The molecule has 1 saturated heterocycles. The molecular weight excluding hydrogens is 277 g/mol. The summed E-state index contributed by atoms with van der Waals surface area (Å²) >= 11 is 0. The van der Waals surface area contributed by atoms with Gasteiger partial charge < -0.3 is 4.90 Å². The Labute approximate surface area is 114 Å². The fraction of sp³-hybridized carbons (Fsp3) is 0.833. The molecule has 2 rings (SSSR count). The average Bonchev–Trinajstić information content (AvgIpc) is 2.95. The van der Waals surface area contributed by atoms with Gasteiger partial charge in [-0.15, -0.1) is 0 Å². The smallest absolute Gasteiger partial charge is 0.333 e. The zero-order valence-electron chi connectivity index (χ0n) is 10.9. The number of nitrogens with one attached hydrogen (secondary N) is 1. The van der Waals surface area contributed by atoms with Crippen molar-refractivity contribution in [2.45, 2.75) is 44.4 Å². The van der Waals surface area contributed by atoms with Gasteiger partial charge in [0.2, 0.25) is 11.8 Å². The van der Waals surface area contributed by atoms with E-state index in [4.69, 9.17) is 4.84 Å². The number of rotatable bonds is 4. The van der Waals surface area contributed by atoms with Crippen molar-refractivity contribution in [3.8, 4) is 0 Å². The summed E-state index contributed by atoms with van der Waals surface area (Å²) in [6.07, 6.45) is -0.850. The number of hydrogen-bond donors (Lipinski definition) is 1. The molecule has 0 radical (unpaired) electrons. The number of hydrogen-bond acceptors (Lipinski definition) is 3. The van der Waals surface area contributed by atoms with Gasteiger partial charge in [-0.3, -0.25) is 14.4 Å². The molecule has 0 aromatic rings. The maximum atomic E-state index is 12.2. The third-order valence-corrected chi connectivity index (χ3v) is 3.58. The molecule has 5 nitrogen and oxygen atoms in total. The number of alkyl halides is 3. The van der Waals surface area contributed by atoms with E-state index >= 15 is 0 Å². The minimum atomic E-state index is -4.44. The lowest BCUT2D eigenvalue weighted by atomic mass is 10.1. The second kappa shape index (κ2) is 5.99. The third-order valence-electron chi connectivity index (χ3n) is 3.58. The molecule has 1 N–H and O–H groups in total. The molecule has 0 aromatic heterocycles. The fourth-order valence-electron chi connectivity index (χ4n) is 2.55. The van der Waals surface area contributed by atoms with E-state index in [2.05, 4.69) is 5.48 Å². The molecular formula is C12H17F3N2O3. The second-order valence-corrected chi connectivity index (χ2v) is 5.28. The molecule has 1 atom stereocenters. The van der Waals surface area contributed by atoms with E-state index in [1.165, 1.54) is 0 Å². The Bertz CT molecular complexity index is 381. The molecule has 1 unspecified atom stereocenters. The van der Waals surface area contributed by atoms with Crippen LogP contribution in [0.5, 0.6) is 0 Å². The molecule has 0 spiro atoms. The average molecular weight is 294 g/mol. The van der Waals surface area contributed by atoms with Gasteiger partial charge in [-0.25, -0.2) is 5.48 Å². The Morgan fingerprint density at radius 2 is 2.00 bits per heavy atom. The van der Waals surface area contributed by atoms with E-state index in [1.807, 2.05) is 0 Å². The minimum Gasteiger partial charge on any atom is -0.333 e. The van der Waals surface area contributed by atoms with Crippen molar-refractivity contribution in [2.75, 3.05) is 13.1 Å². The van der Waals surface area contributed by atoms with Crippen LogP contribution in [0.3, 0.4) is 0 Å². The summed E-state index contributed by atoms with van der Waals surface area (Å²) in [6.45, 7) is -1.52. The summed E-state index contributed by atoms with van der Waals surface area (Å²) in [5.41, 5.74) is 2.27. The van der Waals surface area contributed by atoms with Gasteiger partial charge >= 0.3 is 6.18 Å². The van der Waals surface area contributed by atoms with E-state index in [0.29, 0.717) is 4.90 Å². The summed E-state index contributed by atoms with van der Waals surface area (Å²) in [7, 11) is 0. The summed E-state index contributed by atoms with van der Waals surface area (Å²) < 4.78 is 36.7. The molecule has 1 aliphatic heterocycles. The number of halogens is 3. The quantitative estimate of drug-likeness (QED) is 0.797. The van der Waals surface area contributed by atoms with Crippen molar-refractivity contribution in [2.24, 2.45) is 5.92 Å². The predicted molar refractivity (Wildman–Crippen MR) is 62.2 cm³/mol. The van der Waals surface area contributed by atoms with E-state index in [-0.39, 0.29) is 19.1 Å². The first-order valence-electron chi connectivity index (χ1n) is 6.65. The van der Waals surface area contributed by atoms with Gasteiger partial charge in [0.15, 0.2) is 0 Å². The van der Waals surface area contributed by atoms with Crippen LogP contribution in [0.25, 0.3) is 0 Å². The first kappa shape index (κ1) is 15.1. The number of likely N-dealkylation sites (tertiary alicyclic amines) is 1. The van der Waals surface area contributed by atoms with Crippen molar-refractivity contribution in [3.63, 3.8) is 0 Å². The van der Waals surface area contributed by atoms with Gasteiger partial charge in [-0.1, -0.05) is 12.8 Å². The van der Waals surface area contributed by atoms with Crippen LogP contribution in [-0.2, 0) is 14.4 Å². The Morgan fingerprint density at radius 1 is 1.35 bits per heavy atom. The van der Waals surface area contributed by atoms with Crippen LogP contribution in [0.15, 0.2) is 0 Å². The van der Waals surface area contributed by atoms with E-state index in [0.717, 1.165) is 25.7 Å². The van der Waals surface area contributed by atoms with Crippen molar-refractivity contribution in [3.05, 3.63) is 0 Å². The lowest BCUT2D eigenvalue weighted by Gasteiger charge is -2.18. The van der Waals surface area contributed by atoms with Crippen molar-refractivity contribution in [1.29, 1.82) is 0 Å². The first-order valence-corrected chi connectivity index (χ1v) is 6.65. The summed E-state index contributed by atoms with van der Waals surface area (Å²) in [4.78, 5) is 29.1. The maximum Gasteiger partial charge on any atom is 0.406 e. The first-order chi connectivity index (χ1) is 9.35. The van der Waals surface area contributed by atoms with Crippen LogP contribution >= 0.6 is 0 Å². The third kappa shape index (κ3) is 4.09. The SMILES string of the molecule is O=C(NOC1CCCC1)C1CC(=O)N(CC(F)(F)F)C1. The molecule has 2 aliphatic rings. The van der Waals surface area contributed by atoms with Crippen molar-refractivity contribution >= 4 is 11.8 Å². The van der Waals surface area contributed by atoms with E-state index in [9.17, 15) is 22.8 Å². The monoisotopic (exact) mass is 294 g/mol. The highest BCUT2D eigenvalue weighted by atomic mass is 19.4. The standard InChI is InChI=1S/C12H17F3N2O3/c13-12(14,15)7-17-6-8(5-10(17)18)11(19)16-20-9-3-1-2-4-9/h8-9H,1-7H2,(H,16,19). The van der Waals surface area contributed by atoms with Gasteiger partial charge in [0.25, 0.3) is 0 Å². The molecule has 2 fully saturated rings. The van der Waals surface area contributed by atoms with Gasteiger partial charge in [-0.2, -0.15) is 13.2 Å². The fourth-order valence-corrected chi connectivity index (χ4v) is 2.55. The Balaban J connectivity index is 1.78. The lowest BCUT2D eigenvalue weighted by Crippen LogP contribution is -2.38. The molecule has 1 saturated carbocycles. The molecule has 1 aliphatic carbocycles. The maximum absolute atomic E-state index is 12.2. The number of hydroxylamine groups is 1. The molecule has 20 heavy (non-hydrogen) atoms. The van der Waals surface area contributed by atoms with Crippen LogP contribution < -0.4 is 5.48 Å². The topological polar surface area (TPSA) is 58.6 Å². The zero-order valence-corrected chi connectivity index (χ0v) is 10.9. The lowest BCUT2D eigenvalue weighted by molar-refractivity contribution is -0.157. The largest absolute Gasteiger partial charge is 0.406 e. The van der Waals surface area contributed by atoms with Gasteiger partial charge in [0, 0.05) is 13.0 Å². The Hall–Kier alpha value is -1.31. The highest BCUT2D eigenvalue weighted by molar-refractivity contribution is 5.88. The molecule has 0 bridgehead atoms. The van der Waals surface area contributed by atoms with Gasteiger partial charge in [-0.05, 0) is 12.8 Å². The van der Waals surface area contributed by atoms with E-state index in [1.54, 1.807) is 0 Å². The summed E-state index contributed by atoms with van der Waals surface area (Å²) in [5.74, 6) is -1.94. The second-order valence-electron chi connectivity index (χ2n) is 5.28. The zero-order chi connectivity index (χ0) is 14.8. The molecule has 114 valence electrons. The molecule has 8 heteroatoms. The molecule has 2 amide bonds. The highest BCUT2D eigenvalue weighted by Crippen LogP contribution is 2.24. The highest BCUT2D eigenvalue weighted by Gasteiger charge is 2.40. The predicted octanol–water partition coefficient (Wildman–Crippen LogP) is 1.39. The van der Waals surface area contributed by atoms with Gasteiger partial charge in [0.1, 0.15) is 6.54 Å². The molecule has 0 aromatic carbocycles. The molecule has 1 heterocycles. The summed E-state index contributed by atoms with van der Waals surface area (Å²) in [5, 5.41) is 0.